The molecule has 1 saturated heterocycles. The first kappa shape index (κ1) is 13.5. The predicted octanol–water partition coefficient (Wildman–Crippen LogP) is 2.79. The molecule has 0 aromatic heterocycles. The van der Waals surface area contributed by atoms with Crippen LogP contribution in [0, 0.1) is 5.82 Å². The maximum atomic E-state index is 13.6. The minimum atomic E-state index is -0.0834. The Bertz CT molecular complexity index is 379. The van der Waals surface area contributed by atoms with Crippen LogP contribution in [0.5, 0.6) is 0 Å². The summed E-state index contributed by atoms with van der Waals surface area (Å²) in [6, 6.07) is 8.16. The Kier molecular flexibility index (Phi) is 4.72. The van der Waals surface area contributed by atoms with Gasteiger partial charge in [-0.1, -0.05) is 32.0 Å². The third kappa shape index (κ3) is 3.53. The van der Waals surface area contributed by atoms with Crippen LogP contribution in [0.15, 0.2) is 24.3 Å². The van der Waals surface area contributed by atoms with Crippen molar-refractivity contribution >= 4 is 0 Å². The average molecular weight is 250 g/mol. The van der Waals surface area contributed by atoms with Crippen molar-refractivity contribution in [1.82, 2.24) is 10.2 Å². The summed E-state index contributed by atoms with van der Waals surface area (Å²) in [5, 5.41) is 3.48. The van der Waals surface area contributed by atoms with Crippen LogP contribution in [0.1, 0.15) is 32.3 Å². The zero-order valence-corrected chi connectivity index (χ0v) is 11.3. The minimum Gasteiger partial charge on any atom is -0.313 e. The fourth-order valence-corrected chi connectivity index (χ4v) is 2.55. The highest BCUT2D eigenvalue weighted by molar-refractivity contribution is 5.17. The van der Waals surface area contributed by atoms with Crippen LogP contribution in [0.25, 0.3) is 0 Å². The van der Waals surface area contributed by atoms with E-state index in [9.17, 15) is 4.39 Å². The first-order chi connectivity index (χ1) is 8.66. The van der Waals surface area contributed by atoms with Crippen LogP contribution in [0.3, 0.4) is 0 Å². The summed E-state index contributed by atoms with van der Waals surface area (Å²) >= 11 is 0. The number of benzene rings is 1. The van der Waals surface area contributed by atoms with Crippen LogP contribution >= 0.6 is 0 Å². The van der Waals surface area contributed by atoms with E-state index in [0.29, 0.717) is 12.1 Å². The maximum absolute atomic E-state index is 13.6. The predicted molar refractivity (Wildman–Crippen MR) is 73.0 cm³/mol. The summed E-state index contributed by atoms with van der Waals surface area (Å²) in [4.78, 5) is 2.40. The van der Waals surface area contributed by atoms with E-state index in [4.69, 9.17) is 0 Å². The van der Waals surface area contributed by atoms with Gasteiger partial charge in [0.25, 0.3) is 0 Å². The molecule has 0 radical (unpaired) electrons. The van der Waals surface area contributed by atoms with Crippen molar-refractivity contribution in [2.45, 2.75) is 45.3 Å². The van der Waals surface area contributed by atoms with Gasteiger partial charge in [-0.25, -0.2) is 4.39 Å². The van der Waals surface area contributed by atoms with Crippen molar-refractivity contribution in [1.29, 1.82) is 0 Å². The number of hydrogen-bond acceptors (Lipinski definition) is 2. The molecule has 3 heteroatoms. The molecular formula is C15H23FN2. The summed E-state index contributed by atoms with van der Waals surface area (Å²) in [7, 11) is 0. The van der Waals surface area contributed by atoms with E-state index in [1.807, 2.05) is 12.1 Å². The molecule has 0 amide bonds. The third-order valence-electron chi connectivity index (χ3n) is 3.59. The summed E-state index contributed by atoms with van der Waals surface area (Å²) in [6.45, 7) is 7.15. The van der Waals surface area contributed by atoms with Crippen LogP contribution in [0.2, 0.25) is 0 Å². The zero-order chi connectivity index (χ0) is 13.0. The Morgan fingerprint density at radius 1 is 1.39 bits per heavy atom. The fourth-order valence-electron chi connectivity index (χ4n) is 2.55. The van der Waals surface area contributed by atoms with Gasteiger partial charge in [-0.05, 0) is 25.5 Å². The molecule has 1 fully saturated rings. The summed E-state index contributed by atoms with van der Waals surface area (Å²) in [6.07, 6.45) is 2.44. The van der Waals surface area contributed by atoms with Crippen molar-refractivity contribution in [3.8, 4) is 0 Å². The Morgan fingerprint density at radius 3 is 2.89 bits per heavy atom. The molecule has 0 bridgehead atoms. The molecule has 0 saturated carbocycles. The molecule has 0 spiro atoms. The number of hydrogen-bond donors (Lipinski definition) is 1. The molecule has 1 unspecified atom stereocenters. The molecule has 18 heavy (non-hydrogen) atoms. The first-order valence-corrected chi connectivity index (χ1v) is 6.87. The van der Waals surface area contributed by atoms with Crippen molar-refractivity contribution in [3.63, 3.8) is 0 Å². The summed E-state index contributed by atoms with van der Waals surface area (Å²) in [5.74, 6) is -0.0834. The zero-order valence-electron chi connectivity index (χ0n) is 11.3. The summed E-state index contributed by atoms with van der Waals surface area (Å²) < 4.78 is 13.6. The lowest BCUT2D eigenvalue weighted by Crippen LogP contribution is -2.39. The van der Waals surface area contributed by atoms with Crippen LogP contribution in [-0.4, -0.2) is 30.1 Å². The maximum Gasteiger partial charge on any atom is 0.127 e. The standard InChI is InChI=1S/C15H23FN2/c1-12(2)17-10-14-7-5-9-18(14)11-13-6-3-4-8-15(13)16/h3-4,6,8,12,14,17H,5,7,9-11H2,1-2H3. The van der Waals surface area contributed by atoms with Crippen molar-refractivity contribution in [2.75, 3.05) is 13.1 Å². The van der Waals surface area contributed by atoms with E-state index < -0.39 is 0 Å². The van der Waals surface area contributed by atoms with Gasteiger partial charge in [0.2, 0.25) is 0 Å². The number of rotatable bonds is 5. The van der Waals surface area contributed by atoms with Gasteiger partial charge in [-0.3, -0.25) is 4.90 Å². The largest absolute Gasteiger partial charge is 0.313 e. The Hall–Kier alpha value is -0.930. The van der Waals surface area contributed by atoms with Crippen LogP contribution in [0.4, 0.5) is 4.39 Å². The van der Waals surface area contributed by atoms with E-state index in [0.717, 1.165) is 25.2 Å². The second-order valence-electron chi connectivity index (χ2n) is 5.42. The van der Waals surface area contributed by atoms with Gasteiger partial charge in [0, 0.05) is 30.7 Å². The van der Waals surface area contributed by atoms with E-state index in [-0.39, 0.29) is 5.82 Å². The molecule has 2 nitrogen and oxygen atoms in total. The van der Waals surface area contributed by atoms with Crippen molar-refractivity contribution < 1.29 is 4.39 Å². The van der Waals surface area contributed by atoms with Gasteiger partial charge >= 0.3 is 0 Å². The highest BCUT2D eigenvalue weighted by Crippen LogP contribution is 2.20. The molecular weight excluding hydrogens is 227 g/mol. The smallest absolute Gasteiger partial charge is 0.127 e. The topological polar surface area (TPSA) is 15.3 Å². The van der Waals surface area contributed by atoms with Crippen molar-refractivity contribution in [2.24, 2.45) is 0 Å². The van der Waals surface area contributed by atoms with E-state index in [2.05, 4.69) is 24.1 Å². The van der Waals surface area contributed by atoms with Crippen LogP contribution < -0.4 is 5.32 Å². The lowest BCUT2D eigenvalue weighted by atomic mass is 10.1. The third-order valence-corrected chi connectivity index (χ3v) is 3.59. The highest BCUT2D eigenvalue weighted by atomic mass is 19.1. The van der Waals surface area contributed by atoms with Crippen LogP contribution in [-0.2, 0) is 6.54 Å². The molecule has 1 aliphatic rings. The second kappa shape index (κ2) is 6.30. The lowest BCUT2D eigenvalue weighted by molar-refractivity contribution is 0.233. The van der Waals surface area contributed by atoms with Gasteiger partial charge < -0.3 is 5.32 Å². The molecule has 1 atom stereocenters. The van der Waals surface area contributed by atoms with Crippen molar-refractivity contribution in [3.05, 3.63) is 35.6 Å². The molecule has 1 aliphatic heterocycles. The number of halogens is 1. The number of likely N-dealkylation sites (tertiary alicyclic amines) is 1. The second-order valence-corrected chi connectivity index (χ2v) is 5.42. The molecule has 2 rings (SSSR count). The lowest BCUT2D eigenvalue weighted by Gasteiger charge is -2.25. The Balaban J connectivity index is 1.93. The average Bonchev–Trinajstić information content (AvgIpc) is 2.77. The normalized spacial score (nSPS) is 20.8. The van der Waals surface area contributed by atoms with Gasteiger partial charge in [0.15, 0.2) is 0 Å². The fraction of sp³-hybridized carbons (Fsp3) is 0.600. The van der Waals surface area contributed by atoms with Gasteiger partial charge in [0.1, 0.15) is 5.82 Å². The van der Waals surface area contributed by atoms with Gasteiger partial charge in [-0.2, -0.15) is 0 Å². The molecule has 1 heterocycles. The monoisotopic (exact) mass is 250 g/mol. The van der Waals surface area contributed by atoms with E-state index in [1.54, 1.807) is 12.1 Å². The Morgan fingerprint density at radius 2 is 2.17 bits per heavy atom. The SMILES string of the molecule is CC(C)NCC1CCCN1Cc1ccccc1F. The summed E-state index contributed by atoms with van der Waals surface area (Å²) in [5.41, 5.74) is 0.814. The molecule has 1 aromatic rings. The Labute approximate surface area is 109 Å². The minimum absolute atomic E-state index is 0.0834. The molecule has 100 valence electrons. The highest BCUT2D eigenvalue weighted by Gasteiger charge is 2.24. The van der Waals surface area contributed by atoms with Gasteiger partial charge in [0.05, 0.1) is 0 Å². The molecule has 1 N–H and O–H groups in total. The number of nitrogens with zero attached hydrogens (tertiary/aromatic N) is 1. The first-order valence-electron chi connectivity index (χ1n) is 6.87. The van der Waals surface area contributed by atoms with Gasteiger partial charge in [-0.15, -0.1) is 0 Å². The van der Waals surface area contributed by atoms with E-state index >= 15 is 0 Å². The quantitative estimate of drug-likeness (QED) is 0.864. The molecule has 1 aromatic carbocycles. The van der Waals surface area contributed by atoms with E-state index in [1.165, 1.54) is 12.8 Å². The molecule has 0 aliphatic carbocycles. The number of nitrogens with one attached hydrogen (secondary N) is 1.